The summed E-state index contributed by atoms with van der Waals surface area (Å²) in [5.41, 5.74) is 8.46. The smallest absolute Gasteiger partial charge is 0.238 e. The van der Waals surface area contributed by atoms with E-state index in [4.69, 9.17) is 0 Å². The van der Waals surface area contributed by atoms with Gasteiger partial charge in [0.2, 0.25) is 5.91 Å². The van der Waals surface area contributed by atoms with Crippen molar-refractivity contribution in [3.8, 4) is 0 Å². The van der Waals surface area contributed by atoms with Crippen LogP contribution in [-0.4, -0.2) is 23.0 Å². The zero-order valence-corrected chi connectivity index (χ0v) is 14.7. The summed E-state index contributed by atoms with van der Waals surface area (Å²) in [7, 11) is 0. The maximum atomic E-state index is 12.2. The Hall–Kier alpha value is -1.76. The molecule has 1 amide bonds. The number of hydrogen-bond donors (Lipinski definition) is 3. The van der Waals surface area contributed by atoms with Crippen molar-refractivity contribution in [2.24, 2.45) is 0 Å². The Balaban J connectivity index is 1.46. The molecule has 0 radical (unpaired) electrons. The molecule has 3 N–H and O–H groups in total. The van der Waals surface area contributed by atoms with E-state index in [1.165, 1.54) is 5.56 Å². The van der Waals surface area contributed by atoms with Crippen LogP contribution in [0.1, 0.15) is 42.5 Å². The van der Waals surface area contributed by atoms with Gasteiger partial charge in [-0.1, -0.05) is 43.7 Å². The number of aromatic nitrogens is 1. The number of hydrazine groups is 1. The molecule has 2 unspecified atom stereocenters. The second-order valence-corrected chi connectivity index (χ2v) is 7.12. The van der Waals surface area contributed by atoms with Crippen LogP contribution in [0.2, 0.25) is 0 Å². The highest BCUT2D eigenvalue weighted by molar-refractivity contribution is 7.09. The molecule has 1 aliphatic heterocycles. The minimum Gasteiger partial charge on any atom is -0.349 e. The molecule has 2 atom stereocenters. The Bertz CT molecular complexity index is 658. The summed E-state index contributed by atoms with van der Waals surface area (Å²) in [6, 6.07) is 10.6. The molecule has 1 saturated heterocycles. The molecule has 0 spiro atoms. The van der Waals surface area contributed by atoms with Crippen molar-refractivity contribution in [3.05, 3.63) is 52.0 Å². The average Bonchev–Trinajstić information content (AvgIpc) is 3.24. The Morgan fingerprint density at radius 1 is 1.33 bits per heavy atom. The number of rotatable bonds is 7. The molecule has 5 nitrogen and oxygen atoms in total. The van der Waals surface area contributed by atoms with Crippen LogP contribution >= 0.6 is 11.3 Å². The van der Waals surface area contributed by atoms with E-state index in [-0.39, 0.29) is 11.9 Å². The molecule has 1 aromatic carbocycles. The van der Waals surface area contributed by atoms with E-state index < -0.39 is 0 Å². The van der Waals surface area contributed by atoms with Gasteiger partial charge in [0.05, 0.1) is 17.2 Å². The van der Waals surface area contributed by atoms with E-state index in [1.807, 2.05) is 23.6 Å². The van der Waals surface area contributed by atoms with Crippen LogP contribution in [0.3, 0.4) is 0 Å². The molecule has 6 heteroatoms. The van der Waals surface area contributed by atoms with Gasteiger partial charge in [-0.15, -0.1) is 11.3 Å². The largest absolute Gasteiger partial charge is 0.349 e. The number of hydrogen-bond acceptors (Lipinski definition) is 5. The number of nitrogens with one attached hydrogen (secondary N) is 3. The molecular weight excluding hydrogens is 320 g/mol. The van der Waals surface area contributed by atoms with E-state index in [0.29, 0.717) is 12.6 Å². The first-order chi connectivity index (χ1) is 11.7. The lowest BCUT2D eigenvalue weighted by atomic mass is 10.1. The lowest BCUT2D eigenvalue weighted by molar-refractivity contribution is -0.123. The lowest BCUT2D eigenvalue weighted by Crippen LogP contribution is -2.43. The number of carbonyl (C=O) groups excluding carboxylic acids is 1. The predicted molar refractivity (Wildman–Crippen MR) is 96.6 cm³/mol. The summed E-state index contributed by atoms with van der Waals surface area (Å²) in [5, 5.41) is 6.09. The topological polar surface area (TPSA) is 66.0 Å². The van der Waals surface area contributed by atoms with Crippen LogP contribution in [-0.2, 0) is 17.8 Å². The van der Waals surface area contributed by atoms with Crippen LogP contribution < -0.4 is 16.2 Å². The first kappa shape index (κ1) is 17.1. The second kappa shape index (κ2) is 8.37. The summed E-state index contributed by atoms with van der Waals surface area (Å²) in [6.07, 6.45) is 3.89. The Kier molecular flexibility index (Phi) is 5.96. The summed E-state index contributed by atoms with van der Waals surface area (Å²) in [5.74, 6) is 0.0405. The monoisotopic (exact) mass is 344 g/mol. The first-order valence-electron chi connectivity index (χ1n) is 8.50. The molecule has 0 saturated carbocycles. The van der Waals surface area contributed by atoms with Crippen molar-refractivity contribution in [2.45, 2.75) is 51.2 Å². The third-order valence-corrected chi connectivity index (χ3v) is 5.07. The van der Waals surface area contributed by atoms with Crippen molar-refractivity contribution in [3.63, 3.8) is 0 Å². The highest BCUT2D eigenvalue weighted by Gasteiger charge is 2.28. The predicted octanol–water partition coefficient (Wildman–Crippen LogP) is 2.39. The fraction of sp³-hybridized carbons (Fsp3) is 0.444. The zero-order chi connectivity index (χ0) is 16.8. The van der Waals surface area contributed by atoms with Crippen LogP contribution in [0.25, 0.3) is 0 Å². The molecular formula is C18H24N4OS. The molecule has 128 valence electrons. The second-order valence-electron chi connectivity index (χ2n) is 6.18. The maximum absolute atomic E-state index is 12.2. The number of thiazole rings is 1. The van der Waals surface area contributed by atoms with Gasteiger partial charge in [-0.3, -0.25) is 10.2 Å². The van der Waals surface area contributed by atoms with Crippen LogP contribution in [0.15, 0.2) is 35.7 Å². The molecule has 2 heterocycles. The standard InChI is InChI=1S/C18H24N4OS/c1-2-6-14-10-16(22-21-14)18(23)19-11-15-12-24-17(20-15)9-13-7-4-3-5-8-13/h3-5,7-8,12,14,16,21-22H,2,6,9-11H2,1H3,(H,19,23). The van der Waals surface area contributed by atoms with Crippen molar-refractivity contribution in [1.29, 1.82) is 0 Å². The van der Waals surface area contributed by atoms with E-state index in [1.54, 1.807) is 11.3 Å². The van der Waals surface area contributed by atoms with Gasteiger partial charge in [-0.25, -0.2) is 10.4 Å². The number of carbonyl (C=O) groups is 1. The summed E-state index contributed by atoms with van der Waals surface area (Å²) in [6.45, 7) is 2.64. The average molecular weight is 344 g/mol. The van der Waals surface area contributed by atoms with Gasteiger partial charge in [-0.05, 0) is 18.4 Å². The first-order valence-corrected chi connectivity index (χ1v) is 9.38. The summed E-state index contributed by atoms with van der Waals surface area (Å²) < 4.78 is 0. The minimum absolute atomic E-state index is 0.0405. The van der Waals surface area contributed by atoms with Gasteiger partial charge in [0.15, 0.2) is 0 Å². The van der Waals surface area contributed by atoms with Gasteiger partial charge < -0.3 is 5.32 Å². The maximum Gasteiger partial charge on any atom is 0.238 e. The van der Waals surface area contributed by atoms with Crippen molar-refractivity contribution in [1.82, 2.24) is 21.2 Å². The van der Waals surface area contributed by atoms with Gasteiger partial charge in [0.1, 0.15) is 6.04 Å². The van der Waals surface area contributed by atoms with Crippen molar-refractivity contribution >= 4 is 17.2 Å². The quantitative estimate of drug-likeness (QED) is 0.721. The molecule has 1 aliphatic rings. The van der Waals surface area contributed by atoms with E-state index in [0.717, 1.165) is 36.4 Å². The Morgan fingerprint density at radius 2 is 2.17 bits per heavy atom. The lowest BCUT2D eigenvalue weighted by Gasteiger charge is -2.09. The van der Waals surface area contributed by atoms with Gasteiger partial charge in [0.25, 0.3) is 0 Å². The Morgan fingerprint density at radius 3 is 2.96 bits per heavy atom. The molecule has 1 aromatic heterocycles. The zero-order valence-electron chi connectivity index (χ0n) is 13.9. The summed E-state index contributed by atoms with van der Waals surface area (Å²) >= 11 is 1.64. The molecule has 1 fully saturated rings. The SMILES string of the molecule is CCCC1CC(C(=O)NCc2csc(Cc3ccccc3)n2)NN1. The minimum atomic E-state index is -0.149. The third-order valence-electron chi connectivity index (χ3n) is 4.18. The van der Waals surface area contributed by atoms with Crippen molar-refractivity contribution < 1.29 is 4.79 Å². The van der Waals surface area contributed by atoms with Crippen molar-refractivity contribution in [2.75, 3.05) is 0 Å². The Labute approximate surface area is 146 Å². The molecule has 3 rings (SSSR count). The fourth-order valence-corrected chi connectivity index (χ4v) is 3.74. The van der Waals surface area contributed by atoms with Gasteiger partial charge in [-0.2, -0.15) is 0 Å². The van der Waals surface area contributed by atoms with Crippen LogP contribution in [0.4, 0.5) is 0 Å². The van der Waals surface area contributed by atoms with E-state index in [9.17, 15) is 4.79 Å². The number of benzene rings is 1. The highest BCUT2D eigenvalue weighted by Crippen LogP contribution is 2.15. The molecule has 0 aliphatic carbocycles. The third kappa shape index (κ3) is 4.63. The van der Waals surface area contributed by atoms with Gasteiger partial charge >= 0.3 is 0 Å². The number of amides is 1. The number of nitrogens with zero attached hydrogens (tertiary/aromatic N) is 1. The fourth-order valence-electron chi connectivity index (χ4n) is 2.91. The van der Waals surface area contributed by atoms with E-state index in [2.05, 4.69) is 40.2 Å². The molecule has 24 heavy (non-hydrogen) atoms. The van der Waals surface area contributed by atoms with Crippen LogP contribution in [0.5, 0.6) is 0 Å². The molecule has 2 aromatic rings. The highest BCUT2D eigenvalue weighted by atomic mass is 32.1. The normalized spacial score (nSPS) is 20.2. The van der Waals surface area contributed by atoms with E-state index >= 15 is 0 Å². The molecule has 0 bridgehead atoms. The van der Waals surface area contributed by atoms with Crippen LogP contribution in [0, 0.1) is 0 Å². The summed E-state index contributed by atoms with van der Waals surface area (Å²) in [4.78, 5) is 16.8. The van der Waals surface area contributed by atoms with Gasteiger partial charge in [0, 0.05) is 17.8 Å².